The van der Waals surface area contributed by atoms with Gasteiger partial charge in [0.1, 0.15) is 0 Å². The molecular weight excluding hydrogens is 240 g/mol. The van der Waals surface area contributed by atoms with Crippen LogP contribution in [0.2, 0.25) is 0 Å². The fourth-order valence-electron chi connectivity index (χ4n) is 1.11. The SMILES string of the molecule is CCCC(=O)O/C(O)=C(/O)C(C)OC(=O)CCC. The molecule has 2 N–H and O–H groups in total. The van der Waals surface area contributed by atoms with Crippen LogP contribution < -0.4 is 0 Å². The van der Waals surface area contributed by atoms with E-state index < -0.39 is 29.7 Å². The second-order valence-electron chi connectivity index (χ2n) is 3.80. The van der Waals surface area contributed by atoms with Gasteiger partial charge in [-0.3, -0.25) is 9.59 Å². The molecule has 1 unspecified atom stereocenters. The molecule has 6 nitrogen and oxygen atoms in total. The first-order valence-corrected chi connectivity index (χ1v) is 5.94. The van der Waals surface area contributed by atoms with Crippen LogP contribution in [-0.4, -0.2) is 28.3 Å². The van der Waals surface area contributed by atoms with Crippen LogP contribution in [0.15, 0.2) is 11.7 Å². The third-order valence-corrected chi connectivity index (χ3v) is 2.03. The smallest absolute Gasteiger partial charge is 0.328 e. The number of carbonyl (C=O) groups is 2. The molecule has 0 rings (SSSR count). The van der Waals surface area contributed by atoms with E-state index in [9.17, 15) is 19.8 Å². The zero-order valence-electron chi connectivity index (χ0n) is 10.9. The van der Waals surface area contributed by atoms with E-state index in [0.717, 1.165) is 0 Å². The fraction of sp³-hybridized carbons (Fsp3) is 0.667. The van der Waals surface area contributed by atoms with Crippen molar-refractivity contribution in [2.45, 2.75) is 52.6 Å². The fourth-order valence-corrected chi connectivity index (χ4v) is 1.11. The Labute approximate surface area is 106 Å². The lowest BCUT2D eigenvalue weighted by atomic mass is 10.3. The maximum atomic E-state index is 11.2. The zero-order valence-corrected chi connectivity index (χ0v) is 10.9. The number of esters is 2. The minimum atomic E-state index is -1.06. The molecule has 0 bridgehead atoms. The molecule has 0 aromatic rings. The van der Waals surface area contributed by atoms with Gasteiger partial charge in [-0.2, -0.15) is 0 Å². The molecule has 0 spiro atoms. The van der Waals surface area contributed by atoms with Crippen LogP contribution in [0.25, 0.3) is 0 Å². The Morgan fingerprint density at radius 3 is 2.06 bits per heavy atom. The van der Waals surface area contributed by atoms with E-state index in [1.165, 1.54) is 6.92 Å². The standard InChI is InChI=1S/C12H20O6/c1-4-6-9(13)17-8(3)11(15)12(16)18-10(14)7-5-2/h8,15-16H,4-7H2,1-3H3/b12-11+. The maximum Gasteiger partial charge on any atom is 0.328 e. The van der Waals surface area contributed by atoms with E-state index in [4.69, 9.17) is 4.74 Å². The number of ether oxygens (including phenoxy) is 2. The lowest BCUT2D eigenvalue weighted by molar-refractivity contribution is -0.149. The number of aliphatic hydroxyl groups excluding tert-OH is 2. The highest BCUT2D eigenvalue weighted by Crippen LogP contribution is 2.11. The number of hydrogen-bond acceptors (Lipinski definition) is 6. The molecule has 18 heavy (non-hydrogen) atoms. The molecule has 0 heterocycles. The molecule has 0 aliphatic carbocycles. The van der Waals surface area contributed by atoms with E-state index in [2.05, 4.69) is 4.74 Å². The van der Waals surface area contributed by atoms with Crippen molar-refractivity contribution in [3.63, 3.8) is 0 Å². The van der Waals surface area contributed by atoms with Gasteiger partial charge >= 0.3 is 17.9 Å². The van der Waals surface area contributed by atoms with Gasteiger partial charge in [-0.15, -0.1) is 0 Å². The van der Waals surface area contributed by atoms with E-state index in [0.29, 0.717) is 12.8 Å². The van der Waals surface area contributed by atoms with Gasteiger partial charge in [0.05, 0.1) is 0 Å². The van der Waals surface area contributed by atoms with Gasteiger partial charge in [-0.05, 0) is 19.8 Å². The Kier molecular flexibility index (Phi) is 7.58. The second-order valence-corrected chi connectivity index (χ2v) is 3.80. The molecule has 0 aliphatic heterocycles. The highest BCUT2D eigenvalue weighted by Gasteiger charge is 2.20. The van der Waals surface area contributed by atoms with Crippen molar-refractivity contribution in [3.05, 3.63) is 11.7 Å². The van der Waals surface area contributed by atoms with Crippen LogP contribution in [0.3, 0.4) is 0 Å². The summed E-state index contributed by atoms with van der Waals surface area (Å²) in [5.41, 5.74) is 0. The molecule has 0 aliphatic rings. The molecule has 0 aromatic heterocycles. The predicted octanol–water partition coefficient (Wildman–Crippen LogP) is 2.35. The molecule has 6 heteroatoms. The van der Waals surface area contributed by atoms with Crippen LogP contribution >= 0.6 is 0 Å². The molecule has 0 saturated carbocycles. The average Bonchev–Trinajstić information content (AvgIpc) is 2.28. The summed E-state index contributed by atoms with van der Waals surface area (Å²) in [5, 5.41) is 18.8. The maximum absolute atomic E-state index is 11.2. The lowest BCUT2D eigenvalue weighted by Crippen LogP contribution is -2.19. The molecule has 0 fully saturated rings. The third kappa shape index (κ3) is 6.12. The lowest BCUT2D eigenvalue weighted by Gasteiger charge is -2.13. The van der Waals surface area contributed by atoms with E-state index in [1.54, 1.807) is 6.92 Å². The number of carbonyl (C=O) groups excluding carboxylic acids is 2. The van der Waals surface area contributed by atoms with Gasteiger partial charge in [-0.1, -0.05) is 13.8 Å². The molecule has 0 amide bonds. The van der Waals surface area contributed by atoms with Crippen molar-refractivity contribution in [1.82, 2.24) is 0 Å². The highest BCUT2D eigenvalue weighted by atomic mass is 16.6. The molecule has 104 valence electrons. The number of rotatable bonds is 7. The Bertz CT molecular complexity index is 321. The van der Waals surface area contributed by atoms with Crippen LogP contribution in [0.4, 0.5) is 0 Å². The number of aliphatic hydroxyl groups is 2. The minimum Gasteiger partial charge on any atom is -0.503 e. The first-order valence-electron chi connectivity index (χ1n) is 5.94. The van der Waals surface area contributed by atoms with Crippen molar-refractivity contribution < 1.29 is 29.3 Å². The molecule has 1 atom stereocenters. The Balaban J connectivity index is 4.44. The van der Waals surface area contributed by atoms with Gasteiger partial charge in [0, 0.05) is 12.8 Å². The van der Waals surface area contributed by atoms with Crippen molar-refractivity contribution >= 4 is 11.9 Å². The molecule has 0 saturated heterocycles. The highest BCUT2D eigenvalue weighted by molar-refractivity contribution is 5.70. The van der Waals surface area contributed by atoms with Crippen molar-refractivity contribution in [2.75, 3.05) is 0 Å². The van der Waals surface area contributed by atoms with E-state index in [-0.39, 0.29) is 12.8 Å². The summed E-state index contributed by atoms with van der Waals surface area (Å²) < 4.78 is 9.29. The van der Waals surface area contributed by atoms with Crippen molar-refractivity contribution in [3.8, 4) is 0 Å². The number of hydrogen-bond donors (Lipinski definition) is 2. The quantitative estimate of drug-likeness (QED) is 0.539. The second kappa shape index (κ2) is 8.38. The van der Waals surface area contributed by atoms with Gasteiger partial charge in [0.25, 0.3) is 0 Å². The monoisotopic (exact) mass is 260 g/mol. The topological polar surface area (TPSA) is 93.1 Å². The van der Waals surface area contributed by atoms with Gasteiger partial charge < -0.3 is 19.7 Å². The average molecular weight is 260 g/mol. The van der Waals surface area contributed by atoms with Crippen LogP contribution in [0, 0.1) is 0 Å². The first kappa shape index (κ1) is 16.3. The summed E-state index contributed by atoms with van der Waals surface area (Å²) in [7, 11) is 0. The Morgan fingerprint density at radius 1 is 1.06 bits per heavy atom. The summed E-state index contributed by atoms with van der Waals surface area (Å²) >= 11 is 0. The summed E-state index contributed by atoms with van der Waals surface area (Å²) in [6.45, 7) is 4.95. The Hall–Kier alpha value is -1.72. The van der Waals surface area contributed by atoms with Gasteiger partial charge in [0.15, 0.2) is 6.10 Å². The Morgan fingerprint density at radius 2 is 1.56 bits per heavy atom. The molecule has 0 aromatic carbocycles. The van der Waals surface area contributed by atoms with E-state index in [1.807, 2.05) is 6.92 Å². The normalized spacial score (nSPS) is 13.5. The van der Waals surface area contributed by atoms with Crippen LogP contribution in [0.1, 0.15) is 46.5 Å². The van der Waals surface area contributed by atoms with Crippen LogP contribution in [0.5, 0.6) is 0 Å². The molecule has 0 radical (unpaired) electrons. The van der Waals surface area contributed by atoms with E-state index >= 15 is 0 Å². The summed E-state index contributed by atoms with van der Waals surface area (Å²) in [6, 6.07) is 0. The first-order chi connectivity index (χ1) is 8.42. The molecular formula is C12H20O6. The largest absolute Gasteiger partial charge is 0.503 e. The van der Waals surface area contributed by atoms with Crippen molar-refractivity contribution in [1.29, 1.82) is 0 Å². The third-order valence-electron chi connectivity index (χ3n) is 2.03. The van der Waals surface area contributed by atoms with Crippen LogP contribution in [-0.2, 0) is 19.1 Å². The minimum absolute atomic E-state index is 0.126. The summed E-state index contributed by atoms with van der Waals surface area (Å²) in [4.78, 5) is 22.2. The zero-order chi connectivity index (χ0) is 14.1. The van der Waals surface area contributed by atoms with Gasteiger partial charge in [0.2, 0.25) is 5.76 Å². The van der Waals surface area contributed by atoms with Crippen molar-refractivity contribution in [2.24, 2.45) is 0 Å². The predicted molar refractivity (Wildman–Crippen MR) is 63.7 cm³/mol. The van der Waals surface area contributed by atoms with Gasteiger partial charge in [-0.25, -0.2) is 0 Å². The summed E-state index contributed by atoms with van der Waals surface area (Å²) in [6.07, 6.45) is 0.468. The summed E-state index contributed by atoms with van der Waals surface area (Å²) in [5.74, 6) is -2.76.